The van der Waals surface area contributed by atoms with Crippen LogP contribution in [0.1, 0.15) is 172 Å². The van der Waals surface area contributed by atoms with E-state index in [1.807, 2.05) is 48.5 Å². The van der Waals surface area contributed by atoms with Gasteiger partial charge in [-0.05, 0) is 85.7 Å². The van der Waals surface area contributed by atoms with Crippen LogP contribution in [0.25, 0.3) is 11.1 Å². The molecule has 0 radical (unpaired) electrons. The Kier molecular flexibility index (Phi) is 20.5. The Hall–Kier alpha value is -3.11. The van der Waals surface area contributed by atoms with Crippen LogP contribution < -0.4 is 9.47 Å². The first-order valence-corrected chi connectivity index (χ1v) is 19.8. The van der Waals surface area contributed by atoms with Gasteiger partial charge in [0, 0.05) is 6.61 Å². The fourth-order valence-corrected chi connectivity index (χ4v) is 6.37. The maximum atomic E-state index is 12.9. The molecule has 0 fully saturated rings. The van der Waals surface area contributed by atoms with Gasteiger partial charge in [0.25, 0.3) is 0 Å². The van der Waals surface area contributed by atoms with Gasteiger partial charge in [0.05, 0.1) is 17.8 Å². The Labute approximate surface area is 299 Å². The first kappa shape index (κ1) is 40.3. The Bertz CT molecular complexity index is 1250. The molecular weight excluding hydrogens is 604 g/mol. The van der Waals surface area contributed by atoms with Gasteiger partial charge >= 0.3 is 5.97 Å². The number of unbranched alkanes of at least 4 members (excludes halogenated alkanes) is 14. The van der Waals surface area contributed by atoms with Crippen molar-refractivity contribution >= 4 is 5.97 Å². The summed E-state index contributed by atoms with van der Waals surface area (Å²) in [4.78, 5) is 12.9. The third kappa shape index (κ3) is 16.4. The van der Waals surface area contributed by atoms with E-state index in [2.05, 4.69) is 52.0 Å². The highest BCUT2D eigenvalue weighted by Gasteiger charge is 2.13. The van der Waals surface area contributed by atoms with Gasteiger partial charge in [-0.3, -0.25) is 0 Å². The lowest BCUT2D eigenvalue weighted by Crippen LogP contribution is -2.16. The van der Waals surface area contributed by atoms with Crippen LogP contribution in [0, 0.1) is 0 Å². The van der Waals surface area contributed by atoms with Crippen LogP contribution in [-0.4, -0.2) is 18.7 Å². The molecule has 270 valence electrons. The lowest BCUT2D eigenvalue weighted by molar-refractivity contribution is 0.0627. The molecule has 0 saturated carbocycles. The number of carbonyl (C=O) groups is 1. The van der Waals surface area contributed by atoms with Crippen molar-refractivity contribution in [2.24, 2.45) is 0 Å². The van der Waals surface area contributed by atoms with E-state index in [0.29, 0.717) is 11.3 Å². The van der Waals surface area contributed by atoms with Crippen molar-refractivity contribution in [3.63, 3.8) is 0 Å². The monoisotopic (exact) mass is 670 g/mol. The van der Waals surface area contributed by atoms with E-state index in [4.69, 9.17) is 14.2 Å². The second-order valence-corrected chi connectivity index (χ2v) is 13.8. The minimum atomic E-state index is -0.365. The minimum absolute atomic E-state index is 0.0771. The molecule has 4 nitrogen and oxygen atoms in total. The van der Waals surface area contributed by atoms with Gasteiger partial charge in [0.1, 0.15) is 11.5 Å². The first-order valence-electron chi connectivity index (χ1n) is 19.8. The van der Waals surface area contributed by atoms with Crippen molar-refractivity contribution in [1.29, 1.82) is 0 Å². The van der Waals surface area contributed by atoms with Gasteiger partial charge < -0.3 is 14.2 Å². The first-order chi connectivity index (χ1) is 24.0. The van der Waals surface area contributed by atoms with Crippen LogP contribution in [0.15, 0.2) is 72.8 Å². The number of benzene rings is 3. The normalized spacial score (nSPS) is 12.5. The topological polar surface area (TPSA) is 44.8 Å². The molecule has 49 heavy (non-hydrogen) atoms. The number of hydrogen-bond acceptors (Lipinski definition) is 4. The zero-order chi connectivity index (χ0) is 34.9. The lowest BCUT2D eigenvalue weighted by atomic mass is 10.0. The second kappa shape index (κ2) is 24.9. The zero-order valence-electron chi connectivity index (χ0n) is 31.4. The van der Waals surface area contributed by atoms with Crippen LogP contribution in [0.3, 0.4) is 0 Å². The number of hydrogen-bond donors (Lipinski definition) is 0. The number of esters is 1. The molecule has 0 aliphatic rings. The van der Waals surface area contributed by atoms with Crippen LogP contribution in [0.2, 0.25) is 0 Å². The summed E-state index contributed by atoms with van der Waals surface area (Å²) >= 11 is 0. The van der Waals surface area contributed by atoms with E-state index >= 15 is 0 Å². The molecule has 0 heterocycles. The molecule has 0 bridgehead atoms. The van der Waals surface area contributed by atoms with Gasteiger partial charge in [-0.1, -0.05) is 153 Å². The molecule has 0 spiro atoms. The van der Waals surface area contributed by atoms with Crippen molar-refractivity contribution in [3.05, 3.63) is 83.9 Å². The number of rotatable bonds is 27. The summed E-state index contributed by atoms with van der Waals surface area (Å²) < 4.78 is 18.1. The van der Waals surface area contributed by atoms with Crippen molar-refractivity contribution in [1.82, 2.24) is 0 Å². The van der Waals surface area contributed by atoms with Crippen LogP contribution in [-0.2, 0) is 4.74 Å². The molecule has 3 aromatic rings. The van der Waals surface area contributed by atoms with Crippen molar-refractivity contribution < 1.29 is 19.0 Å². The van der Waals surface area contributed by atoms with Crippen molar-refractivity contribution in [3.8, 4) is 22.6 Å². The van der Waals surface area contributed by atoms with E-state index in [-0.39, 0.29) is 18.2 Å². The smallest absolute Gasteiger partial charge is 0.343 e. The van der Waals surface area contributed by atoms with Gasteiger partial charge in [-0.15, -0.1) is 0 Å². The Morgan fingerprint density at radius 2 is 1.02 bits per heavy atom. The van der Waals surface area contributed by atoms with Gasteiger partial charge in [-0.2, -0.15) is 0 Å². The highest BCUT2D eigenvalue weighted by atomic mass is 16.5. The molecule has 0 N–H and O–H groups in total. The molecule has 3 rings (SSSR count). The largest absolute Gasteiger partial charge is 0.490 e. The van der Waals surface area contributed by atoms with Crippen LogP contribution in [0.5, 0.6) is 11.5 Å². The van der Waals surface area contributed by atoms with Crippen LogP contribution >= 0.6 is 0 Å². The van der Waals surface area contributed by atoms with E-state index in [9.17, 15) is 4.79 Å². The molecule has 3 aromatic carbocycles. The highest BCUT2D eigenvalue weighted by molar-refractivity contribution is 5.91. The summed E-state index contributed by atoms with van der Waals surface area (Å²) in [6.45, 7) is 9.68. The zero-order valence-corrected chi connectivity index (χ0v) is 31.4. The Morgan fingerprint density at radius 3 is 1.57 bits per heavy atom. The quantitative estimate of drug-likeness (QED) is 0.0460. The van der Waals surface area contributed by atoms with Crippen molar-refractivity contribution in [2.45, 2.75) is 162 Å². The standard InChI is InChI=1S/C45H66O4/c1-5-8-10-12-14-15-16-17-19-21-36-47-37(4)38-24-26-39(27-25-38)40-28-30-41(31-29-40)45(46)49-44-34-32-43(33-35-44)48-42(22-7-3)23-20-18-13-11-9-6-2/h24-35,37,42H,5-23,36H2,1-4H3. The predicted molar refractivity (Wildman–Crippen MR) is 207 cm³/mol. The summed E-state index contributed by atoms with van der Waals surface area (Å²) in [6, 6.07) is 23.6. The summed E-state index contributed by atoms with van der Waals surface area (Å²) in [5.74, 6) is 0.981. The molecule has 0 amide bonds. The van der Waals surface area contributed by atoms with Gasteiger partial charge in [0.2, 0.25) is 0 Å². The molecule has 0 aromatic heterocycles. The summed E-state index contributed by atoms with van der Waals surface area (Å²) in [6.07, 6.45) is 24.7. The van der Waals surface area contributed by atoms with E-state index in [0.717, 1.165) is 49.2 Å². The average molecular weight is 671 g/mol. The van der Waals surface area contributed by atoms with E-state index < -0.39 is 0 Å². The fourth-order valence-electron chi connectivity index (χ4n) is 6.37. The summed E-state index contributed by atoms with van der Waals surface area (Å²) in [7, 11) is 0. The Morgan fingerprint density at radius 1 is 0.531 bits per heavy atom. The third-order valence-electron chi connectivity index (χ3n) is 9.53. The van der Waals surface area contributed by atoms with E-state index in [1.54, 1.807) is 0 Å². The number of carbonyl (C=O) groups excluding carboxylic acids is 1. The molecule has 4 heteroatoms. The lowest BCUT2D eigenvalue weighted by Gasteiger charge is -2.19. The predicted octanol–water partition coefficient (Wildman–Crippen LogP) is 13.9. The third-order valence-corrected chi connectivity index (χ3v) is 9.53. The van der Waals surface area contributed by atoms with Crippen molar-refractivity contribution in [2.75, 3.05) is 6.61 Å². The second-order valence-electron chi connectivity index (χ2n) is 13.8. The van der Waals surface area contributed by atoms with E-state index in [1.165, 1.54) is 102 Å². The Balaban J connectivity index is 1.38. The van der Waals surface area contributed by atoms with Crippen LogP contribution in [0.4, 0.5) is 0 Å². The maximum absolute atomic E-state index is 12.9. The molecule has 2 atom stereocenters. The molecule has 2 unspecified atom stereocenters. The summed E-state index contributed by atoms with van der Waals surface area (Å²) in [5, 5.41) is 0. The molecule has 0 saturated heterocycles. The average Bonchev–Trinajstić information content (AvgIpc) is 3.13. The maximum Gasteiger partial charge on any atom is 0.343 e. The van der Waals surface area contributed by atoms with Gasteiger partial charge in [-0.25, -0.2) is 4.79 Å². The minimum Gasteiger partial charge on any atom is -0.490 e. The highest BCUT2D eigenvalue weighted by Crippen LogP contribution is 2.26. The fraction of sp³-hybridized carbons (Fsp3) is 0.578. The SMILES string of the molecule is CCCCCCCCCCCCOC(C)c1ccc(-c2ccc(C(=O)Oc3ccc(OC(CCC)CCCCCCCC)cc3)cc2)cc1. The summed E-state index contributed by atoms with van der Waals surface area (Å²) in [5.41, 5.74) is 3.88. The molecular formula is C45H66O4. The van der Waals surface area contributed by atoms with Gasteiger partial charge in [0.15, 0.2) is 0 Å². The molecule has 0 aliphatic heterocycles. The number of ether oxygens (including phenoxy) is 3. The molecule has 0 aliphatic carbocycles.